The smallest absolute Gasteiger partial charge is 0.0233 e. The van der Waals surface area contributed by atoms with Gasteiger partial charge in [0.25, 0.3) is 0 Å². The van der Waals surface area contributed by atoms with Crippen LogP contribution in [-0.4, -0.2) is 0 Å². The van der Waals surface area contributed by atoms with Crippen molar-refractivity contribution in [1.82, 2.24) is 0 Å². The van der Waals surface area contributed by atoms with Crippen molar-refractivity contribution in [1.29, 1.82) is 0 Å². The lowest BCUT2D eigenvalue weighted by atomic mass is 9.92. The highest BCUT2D eigenvalue weighted by atomic mass is 14.1. The molecule has 2 atom stereocenters. The maximum absolute atomic E-state index is 3.88. The van der Waals surface area contributed by atoms with Crippen molar-refractivity contribution in [2.24, 2.45) is 11.8 Å². The van der Waals surface area contributed by atoms with Crippen LogP contribution in [0.15, 0.2) is 24.8 Å². The van der Waals surface area contributed by atoms with Crippen LogP contribution in [0.25, 0.3) is 0 Å². The van der Waals surface area contributed by atoms with Crippen LogP contribution >= 0.6 is 0 Å². The zero-order chi connectivity index (χ0) is 12.3. The minimum absolute atomic E-state index is 0.682. The Kier molecular flexibility index (Phi) is 8.13. The van der Waals surface area contributed by atoms with Crippen molar-refractivity contribution in [2.45, 2.75) is 71.1 Å². The molecule has 2 unspecified atom stereocenters. The lowest BCUT2D eigenvalue weighted by Crippen LogP contribution is -2.00. The fourth-order valence-corrected chi connectivity index (χ4v) is 2.60. The molecule has 0 spiro atoms. The minimum Gasteiger partial charge on any atom is -0.103 e. The molecule has 0 N–H and O–H groups in total. The van der Waals surface area contributed by atoms with Crippen molar-refractivity contribution < 1.29 is 0 Å². The Labute approximate surface area is 108 Å². The van der Waals surface area contributed by atoms with E-state index in [1.54, 1.807) is 0 Å². The predicted molar refractivity (Wildman–Crippen MR) is 78.2 cm³/mol. The van der Waals surface area contributed by atoms with Crippen LogP contribution in [0.3, 0.4) is 0 Å². The minimum atomic E-state index is 0.682. The van der Waals surface area contributed by atoms with E-state index >= 15 is 0 Å². The van der Waals surface area contributed by atoms with Crippen LogP contribution in [0.5, 0.6) is 0 Å². The number of hydrogen-bond donors (Lipinski definition) is 0. The fraction of sp³-hybridized carbons (Fsp3) is 0.765. The maximum atomic E-state index is 3.88. The lowest BCUT2D eigenvalue weighted by Gasteiger charge is -2.14. The first kappa shape index (κ1) is 14.5. The third-order valence-corrected chi connectivity index (χ3v) is 4.00. The van der Waals surface area contributed by atoms with Gasteiger partial charge >= 0.3 is 0 Å². The Bertz CT molecular complexity index is 214. The van der Waals surface area contributed by atoms with E-state index in [0.29, 0.717) is 5.92 Å². The molecule has 17 heavy (non-hydrogen) atoms. The Hall–Kier alpha value is -0.520. The largest absolute Gasteiger partial charge is 0.103 e. The second-order valence-electron chi connectivity index (χ2n) is 5.68. The molecular weight excluding hydrogens is 204 g/mol. The predicted octanol–water partition coefficient (Wildman–Crippen LogP) is 5.90. The molecule has 1 rings (SSSR count). The molecule has 0 aromatic carbocycles. The third kappa shape index (κ3) is 7.41. The van der Waals surface area contributed by atoms with Gasteiger partial charge in [0.1, 0.15) is 0 Å². The molecule has 98 valence electrons. The van der Waals surface area contributed by atoms with Crippen LogP contribution in [0.2, 0.25) is 0 Å². The fourth-order valence-electron chi connectivity index (χ4n) is 2.60. The van der Waals surface area contributed by atoms with Crippen LogP contribution in [0.4, 0.5) is 0 Å². The molecule has 0 aromatic rings. The molecule has 0 bridgehead atoms. The first-order valence-corrected chi connectivity index (χ1v) is 7.62. The molecule has 0 saturated heterocycles. The lowest BCUT2D eigenvalue weighted by molar-refractivity contribution is 0.458. The highest BCUT2D eigenvalue weighted by Crippen LogP contribution is 2.22. The average molecular weight is 234 g/mol. The normalized spacial score (nSPS) is 24.9. The molecule has 0 amide bonds. The number of allylic oxidation sites excluding steroid dienone is 3. The highest BCUT2D eigenvalue weighted by molar-refractivity contribution is 4.89. The van der Waals surface area contributed by atoms with Gasteiger partial charge in [-0.1, -0.05) is 57.3 Å². The van der Waals surface area contributed by atoms with E-state index < -0.39 is 0 Å². The molecule has 0 fully saturated rings. The Balaban J connectivity index is 2.33. The van der Waals surface area contributed by atoms with E-state index in [1.165, 1.54) is 64.2 Å². The molecule has 1 aliphatic carbocycles. The van der Waals surface area contributed by atoms with Crippen LogP contribution in [-0.2, 0) is 0 Å². The van der Waals surface area contributed by atoms with E-state index in [1.807, 2.05) is 0 Å². The molecule has 0 heterocycles. The van der Waals surface area contributed by atoms with E-state index in [4.69, 9.17) is 0 Å². The van der Waals surface area contributed by atoms with Gasteiger partial charge in [-0.05, 0) is 43.9 Å². The quantitative estimate of drug-likeness (QED) is 0.532. The Morgan fingerprint density at radius 1 is 1.18 bits per heavy atom. The van der Waals surface area contributed by atoms with Crippen molar-refractivity contribution >= 4 is 0 Å². The van der Waals surface area contributed by atoms with Gasteiger partial charge < -0.3 is 0 Å². The molecule has 0 saturated carbocycles. The van der Waals surface area contributed by atoms with Gasteiger partial charge in [0, 0.05) is 0 Å². The second kappa shape index (κ2) is 9.50. The maximum Gasteiger partial charge on any atom is -0.0233 e. The van der Waals surface area contributed by atoms with Gasteiger partial charge in [0.2, 0.25) is 0 Å². The van der Waals surface area contributed by atoms with Crippen molar-refractivity contribution in [3.05, 3.63) is 24.8 Å². The van der Waals surface area contributed by atoms with Gasteiger partial charge in [-0.2, -0.15) is 0 Å². The molecule has 0 nitrogen and oxygen atoms in total. The summed E-state index contributed by atoms with van der Waals surface area (Å²) in [7, 11) is 0. The summed E-state index contributed by atoms with van der Waals surface area (Å²) >= 11 is 0. The van der Waals surface area contributed by atoms with Gasteiger partial charge in [-0.25, -0.2) is 0 Å². The van der Waals surface area contributed by atoms with Crippen LogP contribution < -0.4 is 0 Å². The van der Waals surface area contributed by atoms with Gasteiger partial charge in [-0.3, -0.25) is 0 Å². The van der Waals surface area contributed by atoms with Crippen LogP contribution in [0.1, 0.15) is 71.1 Å². The first-order valence-electron chi connectivity index (χ1n) is 7.62. The molecular formula is C17H30. The summed E-state index contributed by atoms with van der Waals surface area (Å²) in [6.45, 7) is 6.16. The summed E-state index contributed by atoms with van der Waals surface area (Å²) in [5.41, 5.74) is 0. The summed E-state index contributed by atoms with van der Waals surface area (Å²) in [6.07, 6.45) is 21.0. The van der Waals surface area contributed by atoms with Gasteiger partial charge in [0.15, 0.2) is 0 Å². The number of rotatable bonds is 4. The molecule has 0 heteroatoms. The summed E-state index contributed by atoms with van der Waals surface area (Å²) in [5.74, 6) is 1.51. The van der Waals surface area contributed by atoms with E-state index in [0.717, 1.165) is 5.92 Å². The summed E-state index contributed by atoms with van der Waals surface area (Å²) in [5, 5.41) is 0. The van der Waals surface area contributed by atoms with E-state index in [-0.39, 0.29) is 0 Å². The first-order chi connectivity index (χ1) is 8.33. The molecule has 1 aliphatic rings. The van der Waals surface area contributed by atoms with Crippen molar-refractivity contribution in [3.63, 3.8) is 0 Å². The topological polar surface area (TPSA) is 0 Å². The zero-order valence-corrected chi connectivity index (χ0v) is 11.7. The molecule has 0 radical (unpaired) electrons. The SMILES string of the molecule is C=CC(C)CCC1C=CCCCCCCCC1. The summed E-state index contributed by atoms with van der Waals surface area (Å²) in [4.78, 5) is 0. The van der Waals surface area contributed by atoms with E-state index in [9.17, 15) is 0 Å². The zero-order valence-electron chi connectivity index (χ0n) is 11.7. The molecule has 0 aliphatic heterocycles. The van der Waals surface area contributed by atoms with Gasteiger partial charge in [-0.15, -0.1) is 6.58 Å². The number of hydrogen-bond acceptors (Lipinski definition) is 0. The standard InChI is InChI=1S/C17H30/c1-3-16(2)14-15-17-12-10-8-6-4-5-7-9-11-13-17/h3,10,12,16-17H,1,4-9,11,13-15H2,2H3. The van der Waals surface area contributed by atoms with Crippen molar-refractivity contribution in [2.75, 3.05) is 0 Å². The summed E-state index contributed by atoms with van der Waals surface area (Å²) < 4.78 is 0. The monoisotopic (exact) mass is 234 g/mol. The molecule has 0 aromatic heterocycles. The van der Waals surface area contributed by atoms with Gasteiger partial charge in [0.05, 0.1) is 0 Å². The third-order valence-electron chi connectivity index (χ3n) is 4.00. The van der Waals surface area contributed by atoms with E-state index in [2.05, 4.69) is 31.7 Å². The van der Waals surface area contributed by atoms with Crippen LogP contribution in [0, 0.1) is 11.8 Å². The summed E-state index contributed by atoms with van der Waals surface area (Å²) in [6, 6.07) is 0. The van der Waals surface area contributed by atoms with Crippen molar-refractivity contribution in [3.8, 4) is 0 Å². The Morgan fingerprint density at radius 3 is 2.65 bits per heavy atom. The Morgan fingerprint density at radius 2 is 1.88 bits per heavy atom. The highest BCUT2D eigenvalue weighted by Gasteiger charge is 2.07. The average Bonchev–Trinajstić information content (AvgIpc) is 2.41. The second-order valence-corrected chi connectivity index (χ2v) is 5.68.